The van der Waals surface area contributed by atoms with Crippen LogP contribution < -0.4 is 0 Å². The van der Waals surface area contributed by atoms with Crippen molar-refractivity contribution in [2.24, 2.45) is 0 Å². The number of aromatic hydroxyl groups is 1. The zero-order chi connectivity index (χ0) is 8.10. The number of unbranched alkanes of at least 4 members (excludes halogenated alkanes) is 1. The third-order valence-electron chi connectivity index (χ3n) is 1.65. The van der Waals surface area contributed by atoms with Crippen LogP contribution in [-0.4, -0.2) is 5.11 Å². The maximum Gasteiger partial charge on any atom is 0.115 e. The minimum absolute atomic E-state index is 0.336. The first-order chi connectivity index (χ1) is 5.33. The van der Waals surface area contributed by atoms with E-state index in [1.165, 1.54) is 5.56 Å². The second-order valence-corrected chi connectivity index (χ2v) is 2.62. The molecular weight excluding hydrogens is 136 g/mol. The smallest absolute Gasteiger partial charge is 0.115 e. The molecule has 0 atom stereocenters. The Hall–Kier alpha value is -0.980. The summed E-state index contributed by atoms with van der Waals surface area (Å²) in [6, 6.07) is 7.34. The number of rotatable bonds is 3. The third kappa shape index (κ3) is 2.62. The highest BCUT2D eigenvalue weighted by molar-refractivity contribution is 5.25. The Morgan fingerprint density at radius 1 is 1.18 bits per heavy atom. The average Bonchev–Trinajstić information content (AvgIpc) is 2.04. The molecule has 0 fully saturated rings. The Morgan fingerprint density at radius 2 is 1.82 bits per heavy atom. The van der Waals surface area contributed by atoms with E-state index in [2.05, 4.69) is 6.92 Å². The van der Waals surface area contributed by atoms with Crippen LogP contribution in [0.3, 0.4) is 0 Å². The third-order valence-corrected chi connectivity index (χ3v) is 1.65. The summed E-state index contributed by atoms with van der Waals surface area (Å²) in [7, 11) is 0. The van der Waals surface area contributed by atoms with Crippen molar-refractivity contribution in [1.29, 1.82) is 0 Å². The molecule has 1 aromatic carbocycles. The van der Waals surface area contributed by atoms with Crippen molar-refractivity contribution in [3.8, 4) is 5.75 Å². The highest BCUT2D eigenvalue weighted by Gasteiger charge is 1.91. The fourth-order valence-electron chi connectivity index (χ4n) is 0.992. The Kier molecular flexibility index (Phi) is 2.96. The maximum absolute atomic E-state index is 8.97. The number of phenols is 1. The highest BCUT2D eigenvalue weighted by atomic mass is 16.3. The molecule has 1 rings (SSSR count). The molecule has 1 radical (unpaired) electrons. The van der Waals surface area contributed by atoms with Gasteiger partial charge in [0.1, 0.15) is 5.75 Å². The van der Waals surface area contributed by atoms with Gasteiger partial charge in [0.05, 0.1) is 0 Å². The van der Waals surface area contributed by atoms with Crippen molar-refractivity contribution in [3.63, 3.8) is 0 Å². The molecule has 1 N–H and O–H groups in total. The van der Waals surface area contributed by atoms with E-state index in [1.54, 1.807) is 12.1 Å². The Balaban J connectivity index is 2.52. The van der Waals surface area contributed by atoms with Gasteiger partial charge in [-0.2, -0.15) is 0 Å². The SMILES string of the molecule is [CH2]CCCc1ccc(O)cc1. The Morgan fingerprint density at radius 3 is 2.36 bits per heavy atom. The first kappa shape index (κ1) is 8.12. The molecule has 0 unspecified atom stereocenters. The van der Waals surface area contributed by atoms with Crippen LogP contribution in [0.25, 0.3) is 0 Å². The van der Waals surface area contributed by atoms with Crippen molar-refractivity contribution in [1.82, 2.24) is 0 Å². The van der Waals surface area contributed by atoms with Gasteiger partial charge in [0.15, 0.2) is 0 Å². The van der Waals surface area contributed by atoms with E-state index in [-0.39, 0.29) is 0 Å². The van der Waals surface area contributed by atoms with Crippen LogP contribution in [0.5, 0.6) is 5.75 Å². The highest BCUT2D eigenvalue weighted by Crippen LogP contribution is 2.11. The number of benzene rings is 1. The zero-order valence-corrected chi connectivity index (χ0v) is 6.59. The number of hydrogen-bond donors (Lipinski definition) is 1. The van der Waals surface area contributed by atoms with Crippen LogP contribution in [0.15, 0.2) is 24.3 Å². The van der Waals surface area contributed by atoms with Gasteiger partial charge in [0.2, 0.25) is 0 Å². The summed E-state index contributed by atoms with van der Waals surface area (Å²) in [5.74, 6) is 0.336. The summed E-state index contributed by atoms with van der Waals surface area (Å²) in [4.78, 5) is 0. The molecular formula is C10H13O. The fourth-order valence-corrected chi connectivity index (χ4v) is 0.992. The first-order valence-corrected chi connectivity index (χ1v) is 3.90. The van der Waals surface area contributed by atoms with Gasteiger partial charge >= 0.3 is 0 Å². The van der Waals surface area contributed by atoms with Crippen molar-refractivity contribution in [2.75, 3.05) is 0 Å². The zero-order valence-electron chi connectivity index (χ0n) is 6.59. The quantitative estimate of drug-likeness (QED) is 0.700. The lowest BCUT2D eigenvalue weighted by Gasteiger charge is -1.98. The van der Waals surface area contributed by atoms with Gasteiger partial charge in [-0.1, -0.05) is 25.5 Å². The summed E-state index contributed by atoms with van der Waals surface area (Å²) in [6.45, 7) is 3.77. The van der Waals surface area contributed by atoms with E-state index in [0.29, 0.717) is 5.75 Å². The van der Waals surface area contributed by atoms with Crippen LogP contribution in [0, 0.1) is 6.92 Å². The Bertz CT molecular complexity index is 201. The normalized spacial score (nSPS) is 9.91. The minimum Gasteiger partial charge on any atom is -0.508 e. The molecule has 11 heavy (non-hydrogen) atoms. The van der Waals surface area contributed by atoms with Gasteiger partial charge in [-0.25, -0.2) is 0 Å². The summed E-state index contributed by atoms with van der Waals surface area (Å²) in [6.07, 6.45) is 3.15. The van der Waals surface area contributed by atoms with Crippen molar-refractivity contribution in [2.45, 2.75) is 19.3 Å². The molecule has 0 spiro atoms. The lowest BCUT2D eigenvalue weighted by molar-refractivity contribution is 0.475. The van der Waals surface area contributed by atoms with E-state index in [4.69, 9.17) is 5.11 Å². The molecule has 0 saturated heterocycles. The number of aryl methyl sites for hydroxylation is 1. The summed E-state index contributed by atoms with van der Waals surface area (Å²) < 4.78 is 0. The van der Waals surface area contributed by atoms with Gasteiger partial charge in [-0.15, -0.1) is 0 Å². The van der Waals surface area contributed by atoms with Crippen LogP contribution in [-0.2, 0) is 6.42 Å². The van der Waals surface area contributed by atoms with Crippen molar-refractivity contribution in [3.05, 3.63) is 36.8 Å². The summed E-state index contributed by atoms with van der Waals surface area (Å²) in [5.41, 5.74) is 1.27. The van der Waals surface area contributed by atoms with Crippen LogP contribution in [0.4, 0.5) is 0 Å². The fraction of sp³-hybridized carbons (Fsp3) is 0.300. The predicted molar refractivity (Wildman–Crippen MR) is 46.4 cm³/mol. The molecule has 1 nitrogen and oxygen atoms in total. The van der Waals surface area contributed by atoms with Gasteiger partial charge in [0, 0.05) is 0 Å². The second kappa shape index (κ2) is 4.02. The van der Waals surface area contributed by atoms with E-state index in [1.807, 2.05) is 12.1 Å². The van der Waals surface area contributed by atoms with Crippen LogP contribution >= 0.6 is 0 Å². The lowest BCUT2D eigenvalue weighted by atomic mass is 10.1. The molecule has 0 aromatic heterocycles. The topological polar surface area (TPSA) is 20.2 Å². The van der Waals surface area contributed by atoms with Crippen molar-refractivity contribution < 1.29 is 5.11 Å². The first-order valence-electron chi connectivity index (χ1n) is 3.90. The van der Waals surface area contributed by atoms with Gasteiger partial charge in [-0.3, -0.25) is 0 Å². The largest absolute Gasteiger partial charge is 0.508 e. The van der Waals surface area contributed by atoms with Crippen LogP contribution in [0.2, 0.25) is 0 Å². The molecule has 59 valence electrons. The molecule has 1 heteroatoms. The van der Waals surface area contributed by atoms with E-state index in [9.17, 15) is 0 Å². The average molecular weight is 149 g/mol. The van der Waals surface area contributed by atoms with Gasteiger partial charge < -0.3 is 5.11 Å². The van der Waals surface area contributed by atoms with E-state index in [0.717, 1.165) is 19.3 Å². The molecule has 0 amide bonds. The molecule has 1 aromatic rings. The molecule has 0 saturated carbocycles. The predicted octanol–water partition coefficient (Wildman–Crippen LogP) is 2.55. The van der Waals surface area contributed by atoms with Crippen molar-refractivity contribution >= 4 is 0 Å². The van der Waals surface area contributed by atoms with Crippen LogP contribution in [0.1, 0.15) is 18.4 Å². The molecule has 0 bridgehead atoms. The minimum atomic E-state index is 0.336. The summed E-state index contributed by atoms with van der Waals surface area (Å²) in [5, 5.41) is 8.97. The van der Waals surface area contributed by atoms with Gasteiger partial charge in [0.25, 0.3) is 0 Å². The van der Waals surface area contributed by atoms with Gasteiger partial charge in [-0.05, 0) is 30.5 Å². The standard InChI is InChI=1S/C10H13O/c1-2-3-4-9-5-7-10(11)8-6-9/h5-8,11H,1-4H2. The maximum atomic E-state index is 8.97. The lowest BCUT2D eigenvalue weighted by Crippen LogP contribution is -1.82. The monoisotopic (exact) mass is 149 g/mol. The molecule has 0 aliphatic rings. The van der Waals surface area contributed by atoms with E-state index < -0.39 is 0 Å². The second-order valence-electron chi connectivity index (χ2n) is 2.62. The molecule has 0 aliphatic heterocycles. The van der Waals surface area contributed by atoms with E-state index >= 15 is 0 Å². The Labute approximate surface area is 67.7 Å². The molecule has 0 heterocycles. The summed E-state index contributed by atoms with van der Waals surface area (Å²) >= 11 is 0. The number of phenolic OH excluding ortho intramolecular Hbond substituents is 1. The number of hydrogen-bond acceptors (Lipinski definition) is 1. The molecule has 0 aliphatic carbocycles.